The lowest BCUT2D eigenvalue weighted by Gasteiger charge is -2.13. The van der Waals surface area contributed by atoms with E-state index in [1.54, 1.807) is 12.4 Å². The molecule has 3 heteroatoms. The van der Waals surface area contributed by atoms with Gasteiger partial charge in [0.25, 0.3) is 5.91 Å². The highest BCUT2D eigenvalue weighted by molar-refractivity contribution is 5.85. The zero-order chi connectivity index (χ0) is 12.3. The number of nitrogens with zero attached hydrogens (tertiary/aromatic N) is 2. The van der Waals surface area contributed by atoms with Crippen LogP contribution in [0.3, 0.4) is 0 Å². The molecule has 0 radical (unpaired) electrons. The van der Waals surface area contributed by atoms with Crippen molar-refractivity contribution in [2.75, 3.05) is 0 Å². The van der Waals surface area contributed by atoms with Gasteiger partial charge in [0.05, 0.1) is 12.1 Å². The summed E-state index contributed by atoms with van der Waals surface area (Å²) in [5.41, 5.74) is 2.05. The summed E-state index contributed by atoms with van der Waals surface area (Å²) in [5.74, 6) is -0.0812. The molecule has 0 fully saturated rings. The Kier molecular flexibility index (Phi) is 3.38. The number of rotatable bonds is 3. The molecule has 3 nitrogen and oxygen atoms in total. The Labute approximate surface area is 101 Å². The first-order chi connectivity index (χ1) is 8.22. The highest BCUT2D eigenvalue weighted by atomic mass is 16.2. The average molecular weight is 228 g/mol. The van der Waals surface area contributed by atoms with Crippen molar-refractivity contribution < 1.29 is 4.79 Å². The van der Waals surface area contributed by atoms with E-state index in [4.69, 9.17) is 0 Å². The van der Waals surface area contributed by atoms with Crippen molar-refractivity contribution >= 4 is 5.91 Å². The van der Waals surface area contributed by atoms with E-state index < -0.39 is 0 Å². The van der Waals surface area contributed by atoms with E-state index in [2.05, 4.69) is 5.10 Å². The number of carbonyl (C=O) groups is 1. The molecule has 2 aromatic rings. The largest absolute Gasteiger partial charge is 0.272 e. The fourth-order valence-corrected chi connectivity index (χ4v) is 1.93. The van der Waals surface area contributed by atoms with Crippen molar-refractivity contribution in [1.82, 2.24) is 9.78 Å². The van der Waals surface area contributed by atoms with Crippen LogP contribution in [0, 0.1) is 6.92 Å². The van der Waals surface area contributed by atoms with E-state index >= 15 is 0 Å². The summed E-state index contributed by atoms with van der Waals surface area (Å²) in [6, 6.07) is 9.85. The van der Waals surface area contributed by atoms with Crippen LogP contribution in [0.25, 0.3) is 0 Å². The van der Waals surface area contributed by atoms with Gasteiger partial charge < -0.3 is 0 Å². The maximum Gasteiger partial charge on any atom is 0.254 e. The number of aryl methyl sites for hydroxylation is 1. The third kappa shape index (κ3) is 2.44. The fraction of sp³-hybridized carbons (Fsp3) is 0.286. The lowest BCUT2D eigenvalue weighted by molar-refractivity contribution is 0.0858. The van der Waals surface area contributed by atoms with Crippen LogP contribution in [0.5, 0.6) is 0 Å². The summed E-state index contributed by atoms with van der Waals surface area (Å²) < 4.78 is 1.44. The quantitative estimate of drug-likeness (QED) is 0.809. The Balaban J connectivity index is 2.28. The molecule has 1 aromatic heterocycles. The molecule has 1 aromatic carbocycles. The van der Waals surface area contributed by atoms with Gasteiger partial charge in [-0.1, -0.05) is 37.3 Å². The monoisotopic (exact) mass is 228 g/mol. The molecule has 0 spiro atoms. The Morgan fingerprint density at radius 2 is 2.06 bits per heavy atom. The normalized spacial score (nSPS) is 12.4. The zero-order valence-corrected chi connectivity index (χ0v) is 10.1. The number of hydrogen-bond acceptors (Lipinski definition) is 2. The van der Waals surface area contributed by atoms with Gasteiger partial charge in [-0.3, -0.25) is 4.79 Å². The molecule has 0 saturated carbocycles. The Hall–Kier alpha value is -1.90. The smallest absolute Gasteiger partial charge is 0.254 e. The van der Waals surface area contributed by atoms with Crippen molar-refractivity contribution in [3.63, 3.8) is 0 Å². The van der Waals surface area contributed by atoms with E-state index in [0.717, 1.165) is 17.5 Å². The standard InChI is InChI=1S/C14H16N2O/c1-3-13(12-7-5-4-6-8-12)14(17)16-10-11(2)9-15-16/h4-10,13H,3H2,1-2H3/t13-/m1/s1. The minimum atomic E-state index is -0.115. The second-order valence-corrected chi connectivity index (χ2v) is 4.17. The van der Waals surface area contributed by atoms with Crippen molar-refractivity contribution in [2.24, 2.45) is 0 Å². The number of benzene rings is 1. The predicted molar refractivity (Wildman–Crippen MR) is 67.1 cm³/mol. The van der Waals surface area contributed by atoms with Crippen molar-refractivity contribution in [2.45, 2.75) is 26.2 Å². The van der Waals surface area contributed by atoms with E-state index in [0.29, 0.717) is 0 Å². The Morgan fingerprint density at radius 3 is 2.59 bits per heavy atom. The molecular weight excluding hydrogens is 212 g/mol. The number of aromatic nitrogens is 2. The van der Waals surface area contributed by atoms with Crippen molar-refractivity contribution in [3.8, 4) is 0 Å². The van der Waals surface area contributed by atoms with Gasteiger partial charge in [-0.2, -0.15) is 5.10 Å². The maximum atomic E-state index is 12.3. The molecule has 88 valence electrons. The fourth-order valence-electron chi connectivity index (χ4n) is 1.93. The summed E-state index contributed by atoms with van der Waals surface area (Å²) in [4.78, 5) is 12.3. The van der Waals surface area contributed by atoms with E-state index in [1.165, 1.54) is 4.68 Å². The molecular formula is C14H16N2O. The third-order valence-corrected chi connectivity index (χ3v) is 2.85. The zero-order valence-electron chi connectivity index (χ0n) is 10.1. The number of carbonyl (C=O) groups excluding carboxylic acids is 1. The molecule has 1 atom stereocenters. The van der Waals surface area contributed by atoms with Gasteiger partial charge in [-0.15, -0.1) is 0 Å². The average Bonchev–Trinajstić information content (AvgIpc) is 2.78. The first kappa shape index (κ1) is 11.6. The molecule has 0 saturated heterocycles. The first-order valence-corrected chi connectivity index (χ1v) is 5.82. The Bertz CT molecular complexity index is 502. The van der Waals surface area contributed by atoms with Crippen LogP contribution >= 0.6 is 0 Å². The summed E-state index contributed by atoms with van der Waals surface area (Å²) in [7, 11) is 0. The molecule has 0 unspecified atom stereocenters. The molecule has 0 aliphatic rings. The van der Waals surface area contributed by atoms with Crippen LogP contribution in [0.15, 0.2) is 42.7 Å². The van der Waals surface area contributed by atoms with E-state index in [9.17, 15) is 4.79 Å². The summed E-state index contributed by atoms with van der Waals surface area (Å²) in [6.07, 6.45) is 4.26. The second kappa shape index (κ2) is 4.95. The minimum Gasteiger partial charge on any atom is -0.272 e. The molecule has 0 bridgehead atoms. The van der Waals surface area contributed by atoms with Crippen molar-refractivity contribution in [3.05, 3.63) is 53.9 Å². The SMILES string of the molecule is CC[C@@H](C(=O)n1cc(C)cn1)c1ccccc1. The molecule has 0 aliphatic carbocycles. The summed E-state index contributed by atoms with van der Waals surface area (Å²) >= 11 is 0. The molecule has 2 rings (SSSR count). The van der Waals surface area contributed by atoms with E-state index in [1.807, 2.05) is 44.2 Å². The minimum absolute atomic E-state index is 0.0341. The topological polar surface area (TPSA) is 34.9 Å². The third-order valence-electron chi connectivity index (χ3n) is 2.85. The van der Waals surface area contributed by atoms with Crippen LogP contribution in [-0.2, 0) is 0 Å². The first-order valence-electron chi connectivity index (χ1n) is 5.82. The van der Waals surface area contributed by atoms with Gasteiger partial charge in [0.2, 0.25) is 0 Å². The second-order valence-electron chi connectivity index (χ2n) is 4.17. The Morgan fingerprint density at radius 1 is 1.35 bits per heavy atom. The molecule has 0 amide bonds. The highest BCUT2D eigenvalue weighted by Gasteiger charge is 2.20. The van der Waals surface area contributed by atoms with Gasteiger partial charge in [-0.25, -0.2) is 4.68 Å². The lowest BCUT2D eigenvalue weighted by atomic mass is 9.96. The maximum absolute atomic E-state index is 12.3. The van der Waals surface area contributed by atoms with Gasteiger partial charge in [0, 0.05) is 6.20 Å². The van der Waals surface area contributed by atoms with Gasteiger partial charge in [-0.05, 0) is 24.5 Å². The van der Waals surface area contributed by atoms with Crippen LogP contribution in [-0.4, -0.2) is 15.7 Å². The molecule has 0 aliphatic heterocycles. The van der Waals surface area contributed by atoms with Crippen molar-refractivity contribution in [1.29, 1.82) is 0 Å². The number of hydrogen-bond donors (Lipinski definition) is 0. The van der Waals surface area contributed by atoms with Gasteiger partial charge >= 0.3 is 0 Å². The molecule has 1 heterocycles. The van der Waals surface area contributed by atoms with Gasteiger partial charge in [0.15, 0.2) is 0 Å². The van der Waals surface area contributed by atoms with Crippen LogP contribution in [0.2, 0.25) is 0 Å². The molecule has 17 heavy (non-hydrogen) atoms. The van der Waals surface area contributed by atoms with Crippen LogP contribution in [0.4, 0.5) is 0 Å². The summed E-state index contributed by atoms with van der Waals surface area (Å²) in [6.45, 7) is 3.95. The van der Waals surface area contributed by atoms with Gasteiger partial charge in [0.1, 0.15) is 0 Å². The lowest BCUT2D eigenvalue weighted by Crippen LogP contribution is -2.20. The predicted octanol–water partition coefficient (Wildman–Crippen LogP) is 3.03. The molecule has 0 N–H and O–H groups in total. The van der Waals surface area contributed by atoms with E-state index in [-0.39, 0.29) is 11.8 Å². The highest BCUT2D eigenvalue weighted by Crippen LogP contribution is 2.21. The van der Waals surface area contributed by atoms with Crippen LogP contribution in [0.1, 0.15) is 35.2 Å². The summed E-state index contributed by atoms with van der Waals surface area (Å²) in [5, 5.41) is 4.08. The van der Waals surface area contributed by atoms with Crippen LogP contribution < -0.4 is 0 Å².